The number of fused-ring (bicyclic) bond motifs is 1. The summed E-state index contributed by atoms with van der Waals surface area (Å²) in [5.41, 5.74) is 1.11. The fourth-order valence-corrected chi connectivity index (χ4v) is 2.26. The van der Waals surface area contributed by atoms with Crippen molar-refractivity contribution in [2.45, 2.75) is 6.42 Å². The molecule has 0 spiro atoms. The van der Waals surface area contributed by atoms with Gasteiger partial charge in [0, 0.05) is 22.6 Å². The predicted octanol–water partition coefficient (Wildman–Crippen LogP) is 3.88. The molecule has 0 amide bonds. The number of halogens is 1. The van der Waals surface area contributed by atoms with Crippen molar-refractivity contribution >= 4 is 33.0 Å². The Labute approximate surface area is 92.5 Å². The SMILES string of the molecule is ClCCC#Cc1cccc2ccsc12. The Morgan fingerprint density at radius 2 is 2.21 bits per heavy atom. The van der Waals surface area contributed by atoms with Crippen molar-refractivity contribution in [2.75, 3.05) is 5.88 Å². The zero-order valence-electron chi connectivity index (χ0n) is 7.59. The van der Waals surface area contributed by atoms with Crippen molar-refractivity contribution in [3.8, 4) is 11.8 Å². The van der Waals surface area contributed by atoms with E-state index in [-0.39, 0.29) is 0 Å². The van der Waals surface area contributed by atoms with E-state index in [4.69, 9.17) is 11.6 Å². The smallest absolute Gasteiger partial charge is 0.0499 e. The summed E-state index contributed by atoms with van der Waals surface area (Å²) in [5.74, 6) is 6.81. The van der Waals surface area contributed by atoms with Crippen LogP contribution in [0.3, 0.4) is 0 Å². The third-order valence-corrected chi connectivity index (χ3v) is 3.07. The molecule has 0 aliphatic rings. The lowest BCUT2D eigenvalue weighted by atomic mass is 10.2. The summed E-state index contributed by atoms with van der Waals surface area (Å²) in [6.07, 6.45) is 0.753. The molecular weight excluding hydrogens is 212 g/mol. The Kier molecular flexibility index (Phi) is 3.08. The molecule has 0 bridgehead atoms. The molecule has 0 fully saturated rings. The van der Waals surface area contributed by atoms with Gasteiger partial charge in [-0.25, -0.2) is 0 Å². The molecule has 2 rings (SSSR count). The third kappa shape index (κ3) is 1.92. The molecule has 1 aromatic carbocycles. The highest BCUT2D eigenvalue weighted by Crippen LogP contribution is 2.23. The molecule has 2 heteroatoms. The van der Waals surface area contributed by atoms with E-state index in [9.17, 15) is 0 Å². The van der Waals surface area contributed by atoms with Crippen LogP contribution in [0.25, 0.3) is 10.1 Å². The summed E-state index contributed by atoms with van der Waals surface area (Å²) >= 11 is 7.30. The highest BCUT2D eigenvalue weighted by atomic mass is 35.5. The fourth-order valence-electron chi connectivity index (χ4n) is 1.30. The number of rotatable bonds is 1. The Bertz CT molecular complexity index is 487. The monoisotopic (exact) mass is 220 g/mol. The second kappa shape index (κ2) is 4.50. The molecule has 2 aromatic rings. The molecule has 70 valence electrons. The van der Waals surface area contributed by atoms with E-state index in [0.717, 1.165) is 12.0 Å². The molecule has 0 radical (unpaired) electrons. The number of hydrogen-bond acceptors (Lipinski definition) is 1. The molecule has 0 saturated heterocycles. The Morgan fingerprint density at radius 3 is 3.07 bits per heavy atom. The molecule has 0 aliphatic carbocycles. The summed E-state index contributed by atoms with van der Waals surface area (Å²) in [6, 6.07) is 8.32. The van der Waals surface area contributed by atoms with Gasteiger partial charge in [0.05, 0.1) is 0 Å². The lowest BCUT2D eigenvalue weighted by molar-refractivity contribution is 1.29. The van der Waals surface area contributed by atoms with Gasteiger partial charge in [0.15, 0.2) is 0 Å². The Balaban J connectivity index is 2.43. The minimum absolute atomic E-state index is 0.605. The van der Waals surface area contributed by atoms with Gasteiger partial charge in [-0.05, 0) is 22.9 Å². The molecule has 0 aliphatic heterocycles. The van der Waals surface area contributed by atoms with E-state index in [1.165, 1.54) is 10.1 Å². The van der Waals surface area contributed by atoms with Crippen LogP contribution < -0.4 is 0 Å². The van der Waals surface area contributed by atoms with Crippen molar-refractivity contribution in [2.24, 2.45) is 0 Å². The zero-order valence-corrected chi connectivity index (χ0v) is 9.16. The first-order chi connectivity index (χ1) is 6.92. The lowest BCUT2D eigenvalue weighted by Crippen LogP contribution is -1.74. The van der Waals surface area contributed by atoms with Crippen molar-refractivity contribution in [1.29, 1.82) is 0 Å². The molecular formula is C12H9ClS. The van der Waals surface area contributed by atoms with E-state index >= 15 is 0 Å². The zero-order chi connectivity index (χ0) is 9.80. The van der Waals surface area contributed by atoms with E-state index in [1.807, 2.05) is 6.07 Å². The van der Waals surface area contributed by atoms with Crippen LogP contribution in [0.1, 0.15) is 12.0 Å². The van der Waals surface area contributed by atoms with Crippen molar-refractivity contribution in [3.63, 3.8) is 0 Å². The van der Waals surface area contributed by atoms with Gasteiger partial charge in [0.1, 0.15) is 0 Å². The summed E-state index contributed by atoms with van der Waals surface area (Å²) in [5, 5.41) is 3.37. The van der Waals surface area contributed by atoms with Crippen LogP contribution in [0.4, 0.5) is 0 Å². The standard InChI is InChI=1S/C12H9ClS/c13-8-2-1-4-10-5-3-6-11-7-9-14-12(10)11/h3,5-7,9H,2,8H2. The van der Waals surface area contributed by atoms with Gasteiger partial charge in [-0.3, -0.25) is 0 Å². The highest BCUT2D eigenvalue weighted by molar-refractivity contribution is 7.17. The van der Waals surface area contributed by atoms with E-state index in [1.54, 1.807) is 11.3 Å². The maximum atomic E-state index is 5.56. The molecule has 0 N–H and O–H groups in total. The Hall–Kier alpha value is -0.970. The largest absolute Gasteiger partial charge is 0.143 e. The van der Waals surface area contributed by atoms with Crippen LogP contribution in [-0.4, -0.2) is 5.88 Å². The molecule has 1 aromatic heterocycles. The molecule has 0 saturated carbocycles. The Morgan fingerprint density at radius 1 is 1.29 bits per heavy atom. The number of thiophene rings is 1. The molecule has 14 heavy (non-hydrogen) atoms. The first-order valence-corrected chi connectivity index (χ1v) is 5.84. The summed E-state index contributed by atoms with van der Waals surface area (Å²) < 4.78 is 1.27. The van der Waals surface area contributed by atoms with Gasteiger partial charge in [0.2, 0.25) is 0 Å². The summed E-state index contributed by atoms with van der Waals surface area (Å²) in [7, 11) is 0. The molecule has 0 unspecified atom stereocenters. The van der Waals surface area contributed by atoms with Gasteiger partial charge in [-0.1, -0.05) is 24.0 Å². The van der Waals surface area contributed by atoms with Gasteiger partial charge in [0.25, 0.3) is 0 Å². The maximum absolute atomic E-state index is 5.56. The van der Waals surface area contributed by atoms with E-state index in [2.05, 4.69) is 35.4 Å². The van der Waals surface area contributed by atoms with Crippen molar-refractivity contribution in [1.82, 2.24) is 0 Å². The van der Waals surface area contributed by atoms with E-state index < -0.39 is 0 Å². The lowest BCUT2D eigenvalue weighted by Gasteiger charge is -1.92. The van der Waals surface area contributed by atoms with Crippen LogP contribution in [0.2, 0.25) is 0 Å². The molecule has 0 nitrogen and oxygen atoms in total. The van der Waals surface area contributed by atoms with Gasteiger partial charge < -0.3 is 0 Å². The summed E-state index contributed by atoms with van der Waals surface area (Å²) in [4.78, 5) is 0. The van der Waals surface area contributed by atoms with Crippen LogP contribution in [0.5, 0.6) is 0 Å². The van der Waals surface area contributed by atoms with Gasteiger partial charge in [-0.15, -0.1) is 22.9 Å². The van der Waals surface area contributed by atoms with Gasteiger partial charge >= 0.3 is 0 Å². The first-order valence-electron chi connectivity index (χ1n) is 4.43. The summed E-state index contributed by atoms with van der Waals surface area (Å²) in [6.45, 7) is 0. The second-order valence-electron chi connectivity index (χ2n) is 2.89. The normalized spacial score (nSPS) is 9.79. The number of alkyl halides is 1. The average molecular weight is 221 g/mol. The maximum Gasteiger partial charge on any atom is 0.0499 e. The topological polar surface area (TPSA) is 0 Å². The van der Waals surface area contributed by atoms with Crippen molar-refractivity contribution in [3.05, 3.63) is 35.2 Å². The molecule has 0 atom stereocenters. The number of benzene rings is 1. The molecule has 1 heterocycles. The first kappa shape index (κ1) is 9.58. The minimum atomic E-state index is 0.605. The van der Waals surface area contributed by atoms with Gasteiger partial charge in [-0.2, -0.15) is 0 Å². The van der Waals surface area contributed by atoms with Crippen LogP contribution in [0, 0.1) is 11.8 Å². The minimum Gasteiger partial charge on any atom is -0.143 e. The average Bonchev–Trinajstić information content (AvgIpc) is 2.67. The van der Waals surface area contributed by atoms with Crippen molar-refractivity contribution < 1.29 is 0 Å². The second-order valence-corrected chi connectivity index (χ2v) is 4.18. The highest BCUT2D eigenvalue weighted by Gasteiger charge is 1.97. The number of hydrogen-bond donors (Lipinski definition) is 0. The fraction of sp³-hybridized carbons (Fsp3) is 0.167. The van der Waals surface area contributed by atoms with Crippen LogP contribution >= 0.6 is 22.9 Å². The third-order valence-electron chi connectivity index (χ3n) is 1.92. The van der Waals surface area contributed by atoms with Crippen LogP contribution in [0.15, 0.2) is 29.6 Å². The quantitative estimate of drug-likeness (QED) is 0.506. The van der Waals surface area contributed by atoms with E-state index in [0.29, 0.717) is 5.88 Å². The van der Waals surface area contributed by atoms with Crippen LogP contribution in [-0.2, 0) is 0 Å². The predicted molar refractivity (Wildman–Crippen MR) is 64.0 cm³/mol.